The van der Waals surface area contributed by atoms with Crippen LogP contribution in [0.2, 0.25) is 0 Å². The first kappa shape index (κ1) is 26.7. The van der Waals surface area contributed by atoms with Crippen LogP contribution in [0.5, 0.6) is 11.5 Å². The van der Waals surface area contributed by atoms with Crippen molar-refractivity contribution in [2.45, 2.75) is 25.5 Å². The third-order valence-electron chi connectivity index (χ3n) is 6.56. The van der Waals surface area contributed by atoms with Crippen LogP contribution in [-0.2, 0) is 0 Å². The maximum absolute atomic E-state index is 12.7. The molecule has 196 valence electrons. The number of amides is 2. The largest absolute Gasteiger partial charge is 0.508 e. The van der Waals surface area contributed by atoms with E-state index in [0.29, 0.717) is 18.5 Å². The number of aromatic hydroxyl groups is 2. The van der Waals surface area contributed by atoms with E-state index in [0.717, 1.165) is 22.4 Å². The number of carbonyl (C=O) groups is 1. The first-order valence-electron chi connectivity index (χ1n) is 12.4. The normalized spacial score (nSPS) is 15.7. The van der Waals surface area contributed by atoms with Crippen molar-refractivity contribution < 1.29 is 24.5 Å². The molecule has 0 radical (unpaired) electrons. The predicted octanol–water partition coefficient (Wildman–Crippen LogP) is 6.65. The zero-order valence-electron chi connectivity index (χ0n) is 21.3. The second-order valence-corrected chi connectivity index (χ2v) is 9.18. The zero-order valence-corrected chi connectivity index (χ0v) is 21.3. The van der Waals surface area contributed by atoms with Gasteiger partial charge in [0.1, 0.15) is 17.3 Å². The Morgan fingerprint density at radius 3 is 2.13 bits per heavy atom. The van der Waals surface area contributed by atoms with Crippen LogP contribution >= 0.6 is 0 Å². The monoisotopic (exact) mass is 514 g/mol. The Morgan fingerprint density at radius 2 is 1.53 bits per heavy atom. The first-order chi connectivity index (χ1) is 18.3. The summed E-state index contributed by atoms with van der Waals surface area (Å²) in [4.78, 5) is 16.1. The maximum Gasteiger partial charge on any atom is 0.324 e. The third-order valence-corrected chi connectivity index (χ3v) is 6.56. The molecule has 7 heteroatoms. The van der Waals surface area contributed by atoms with Crippen LogP contribution in [0.15, 0.2) is 97.1 Å². The molecular formula is C31H31FN2O4. The number of likely N-dealkylation sites (N-methyl/N-ethyl adjacent to an activating group) is 1. The number of phenolic OH excluding ortho intramolecular Hbond substituents is 2. The van der Waals surface area contributed by atoms with Gasteiger partial charge in [0.2, 0.25) is 0 Å². The molecule has 4 aromatic carbocycles. The van der Waals surface area contributed by atoms with E-state index in [1.165, 1.54) is 24.3 Å². The molecule has 2 atom stereocenters. The number of urea groups is 1. The molecule has 6 nitrogen and oxygen atoms in total. The number of halogens is 1. The average Bonchev–Trinajstić information content (AvgIpc) is 3.23. The summed E-state index contributed by atoms with van der Waals surface area (Å²) in [6.45, 7) is 2.34. The minimum absolute atomic E-state index is 0.00677. The van der Waals surface area contributed by atoms with E-state index in [1.54, 1.807) is 35.0 Å². The van der Waals surface area contributed by atoms with Crippen LogP contribution in [0, 0.1) is 5.82 Å². The molecule has 1 heterocycles. The van der Waals surface area contributed by atoms with Crippen molar-refractivity contribution in [2.75, 3.05) is 18.5 Å². The molecule has 4 aromatic rings. The van der Waals surface area contributed by atoms with Gasteiger partial charge >= 0.3 is 6.03 Å². The van der Waals surface area contributed by atoms with Crippen molar-refractivity contribution in [3.8, 4) is 22.6 Å². The molecule has 3 N–H and O–H groups in total. The molecule has 1 aliphatic heterocycles. The molecule has 1 fully saturated rings. The smallest absolute Gasteiger partial charge is 0.324 e. The minimum Gasteiger partial charge on any atom is -0.508 e. The van der Waals surface area contributed by atoms with Crippen LogP contribution < -0.4 is 4.90 Å². The molecule has 0 aliphatic carbocycles. The highest BCUT2D eigenvalue weighted by molar-refractivity contribution is 5.95. The topological polar surface area (TPSA) is 84.2 Å². The Morgan fingerprint density at radius 1 is 0.895 bits per heavy atom. The lowest BCUT2D eigenvalue weighted by atomic mass is 10.0. The van der Waals surface area contributed by atoms with Gasteiger partial charge in [-0.3, -0.25) is 4.90 Å². The summed E-state index contributed by atoms with van der Waals surface area (Å²) in [5.74, 6) is -0.293. The van der Waals surface area contributed by atoms with Crippen LogP contribution in [0.25, 0.3) is 11.1 Å². The lowest BCUT2D eigenvalue weighted by Gasteiger charge is -2.24. The van der Waals surface area contributed by atoms with E-state index in [1.807, 2.05) is 61.5 Å². The molecule has 2 amide bonds. The summed E-state index contributed by atoms with van der Waals surface area (Å²) in [7, 11) is 1.74. The van der Waals surface area contributed by atoms with Gasteiger partial charge in [-0.1, -0.05) is 61.5 Å². The van der Waals surface area contributed by atoms with Crippen LogP contribution in [0.1, 0.15) is 36.6 Å². The highest BCUT2D eigenvalue weighted by Gasteiger charge is 2.38. The molecule has 1 aliphatic rings. The summed E-state index contributed by atoms with van der Waals surface area (Å²) >= 11 is 0. The molecular weight excluding hydrogens is 483 g/mol. The second kappa shape index (κ2) is 11.8. The number of hydrogen-bond acceptors (Lipinski definition) is 4. The van der Waals surface area contributed by atoms with Gasteiger partial charge < -0.3 is 20.2 Å². The summed E-state index contributed by atoms with van der Waals surface area (Å²) in [5, 5.41) is 29.1. The summed E-state index contributed by atoms with van der Waals surface area (Å²) in [5.41, 5.74) is 4.33. The van der Waals surface area contributed by atoms with Crippen LogP contribution in [-0.4, -0.2) is 39.8 Å². The van der Waals surface area contributed by atoms with Crippen molar-refractivity contribution in [1.82, 2.24) is 4.90 Å². The van der Waals surface area contributed by atoms with E-state index in [9.17, 15) is 24.5 Å². The molecule has 0 saturated carbocycles. The van der Waals surface area contributed by atoms with Gasteiger partial charge in [0.25, 0.3) is 0 Å². The number of benzene rings is 4. The number of phenols is 2. The molecule has 38 heavy (non-hydrogen) atoms. The van der Waals surface area contributed by atoms with Crippen LogP contribution in [0.3, 0.4) is 0 Å². The zero-order chi connectivity index (χ0) is 27.2. The van der Waals surface area contributed by atoms with E-state index in [2.05, 4.69) is 0 Å². The van der Waals surface area contributed by atoms with Crippen molar-refractivity contribution in [3.63, 3.8) is 0 Å². The summed E-state index contributed by atoms with van der Waals surface area (Å²) in [6, 6.07) is 27.8. The molecule has 0 aromatic heterocycles. The Kier molecular flexibility index (Phi) is 8.28. The molecule has 5 rings (SSSR count). The molecule has 0 bridgehead atoms. The quantitative estimate of drug-likeness (QED) is 0.279. The fourth-order valence-electron chi connectivity index (χ4n) is 4.44. The number of aliphatic hydroxyl groups is 1. The van der Waals surface area contributed by atoms with Crippen molar-refractivity contribution in [1.29, 1.82) is 0 Å². The van der Waals surface area contributed by atoms with Gasteiger partial charge in [-0.05, 0) is 59.5 Å². The van der Waals surface area contributed by atoms with E-state index in [-0.39, 0.29) is 29.4 Å². The van der Waals surface area contributed by atoms with E-state index >= 15 is 0 Å². The Balaban J connectivity index is 0.000000257. The van der Waals surface area contributed by atoms with Gasteiger partial charge in [-0.15, -0.1) is 0 Å². The van der Waals surface area contributed by atoms with Gasteiger partial charge in [-0.25, -0.2) is 9.18 Å². The number of nitrogens with zero attached hydrogens (tertiary/aromatic N) is 2. The number of rotatable bonds is 5. The number of carbonyl (C=O) groups excluding carboxylic acids is 1. The maximum atomic E-state index is 12.7. The van der Waals surface area contributed by atoms with Gasteiger partial charge in [0.15, 0.2) is 0 Å². The van der Waals surface area contributed by atoms with E-state index < -0.39 is 6.10 Å². The Bertz CT molecular complexity index is 1360. The molecule has 2 unspecified atom stereocenters. The number of anilines is 1. The average molecular weight is 515 g/mol. The predicted molar refractivity (Wildman–Crippen MR) is 147 cm³/mol. The second-order valence-electron chi connectivity index (χ2n) is 9.18. The fraction of sp³-hybridized carbons (Fsp3) is 0.194. The van der Waals surface area contributed by atoms with E-state index in [4.69, 9.17) is 0 Å². The standard InChI is InChI=1S/C22H20N2O3.C9H11FO/c1-23-14-20(19-12-11-18(25)13-21(19)26)24(22(23)27)17-9-7-16(8-10-17)15-5-3-2-4-6-15;1-2-9(11)7-3-5-8(10)6-4-7/h2-13,20,25-26H,14H2,1H3;3-6,9,11H,2H2,1H3. The van der Waals surface area contributed by atoms with Gasteiger partial charge in [0.05, 0.1) is 12.1 Å². The first-order valence-corrected chi connectivity index (χ1v) is 12.4. The number of aliphatic hydroxyl groups excluding tert-OH is 1. The molecule has 0 spiro atoms. The lowest BCUT2D eigenvalue weighted by molar-refractivity contribution is 0.173. The van der Waals surface area contributed by atoms with Crippen molar-refractivity contribution in [3.05, 3.63) is 114 Å². The Hall–Kier alpha value is -4.36. The van der Waals surface area contributed by atoms with Crippen molar-refractivity contribution >= 4 is 11.7 Å². The highest BCUT2D eigenvalue weighted by atomic mass is 19.1. The van der Waals surface area contributed by atoms with Gasteiger partial charge in [0, 0.05) is 30.9 Å². The lowest BCUT2D eigenvalue weighted by Crippen LogP contribution is -2.30. The van der Waals surface area contributed by atoms with Crippen LogP contribution in [0.4, 0.5) is 14.9 Å². The number of hydrogen-bond donors (Lipinski definition) is 3. The minimum atomic E-state index is -0.462. The highest BCUT2D eigenvalue weighted by Crippen LogP contribution is 2.39. The summed E-state index contributed by atoms with van der Waals surface area (Å²) in [6.07, 6.45) is 0.196. The van der Waals surface area contributed by atoms with Gasteiger partial charge in [-0.2, -0.15) is 0 Å². The SMILES string of the molecule is CCC(O)c1ccc(F)cc1.CN1CC(c2ccc(O)cc2O)N(c2ccc(-c3ccccc3)cc2)C1=O. The third kappa shape index (κ3) is 5.95. The fourth-order valence-corrected chi connectivity index (χ4v) is 4.44. The summed E-state index contributed by atoms with van der Waals surface area (Å²) < 4.78 is 12.4. The Labute approximate surface area is 221 Å². The van der Waals surface area contributed by atoms with Crippen molar-refractivity contribution in [2.24, 2.45) is 0 Å². The molecule has 1 saturated heterocycles.